The van der Waals surface area contributed by atoms with Crippen molar-refractivity contribution in [3.8, 4) is 10.6 Å². The van der Waals surface area contributed by atoms with Crippen LogP contribution in [0.4, 0.5) is 5.69 Å². The zero-order chi connectivity index (χ0) is 10.8. The van der Waals surface area contributed by atoms with Gasteiger partial charge in [0.15, 0.2) is 0 Å². The molecule has 2 rings (SSSR count). The summed E-state index contributed by atoms with van der Waals surface area (Å²) in [6.45, 7) is 0. The number of benzene rings is 1. The molecule has 0 fully saturated rings. The maximum atomic E-state index is 10.8. The van der Waals surface area contributed by atoms with E-state index in [-0.39, 0.29) is 10.6 Å². The van der Waals surface area contributed by atoms with E-state index in [0.717, 1.165) is 11.3 Å². The van der Waals surface area contributed by atoms with Gasteiger partial charge in [-0.3, -0.25) is 14.9 Å². The number of nitro benzene ring substituents is 1. The van der Waals surface area contributed by atoms with Crippen LogP contribution in [0.2, 0.25) is 0 Å². The summed E-state index contributed by atoms with van der Waals surface area (Å²) in [5.41, 5.74) is 0.700. The number of H-pyrrole nitrogens is 1. The van der Waals surface area contributed by atoms with Gasteiger partial charge in [-0.15, -0.1) is 0 Å². The highest BCUT2D eigenvalue weighted by Crippen LogP contribution is 2.21. The normalized spacial score (nSPS) is 10.1. The summed E-state index contributed by atoms with van der Waals surface area (Å²) in [4.78, 5) is 20.5. The smallest absolute Gasteiger partial charge is 0.258 e. The molecule has 1 aromatic heterocycles. The number of hydrogen-bond acceptors (Lipinski definition) is 5. The standard InChI is InChI=1S/C8H5N3O3S/c12-8-10-9-7(15-8)5-1-3-6(4-2-5)11(13)14/h1-4H,(H,10,12). The molecular weight excluding hydrogens is 218 g/mol. The van der Waals surface area contributed by atoms with Crippen molar-refractivity contribution < 1.29 is 4.92 Å². The molecule has 0 radical (unpaired) electrons. The zero-order valence-electron chi connectivity index (χ0n) is 7.34. The van der Waals surface area contributed by atoms with Gasteiger partial charge in [-0.2, -0.15) is 5.10 Å². The molecule has 0 spiro atoms. The Hall–Kier alpha value is -2.02. The lowest BCUT2D eigenvalue weighted by Gasteiger charge is -1.93. The van der Waals surface area contributed by atoms with E-state index in [4.69, 9.17) is 0 Å². The van der Waals surface area contributed by atoms with Crippen LogP contribution in [0.3, 0.4) is 0 Å². The molecule has 15 heavy (non-hydrogen) atoms. The Kier molecular flexibility index (Phi) is 2.30. The molecule has 0 bridgehead atoms. The van der Waals surface area contributed by atoms with Crippen molar-refractivity contribution in [3.05, 3.63) is 44.0 Å². The molecule has 0 unspecified atom stereocenters. The highest BCUT2D eigenvalue weighted by atomic mass is 32.1. The number of hydrogen-bond donors (Lipinski definition) is 1. The highest BCUT2D eigenvalue weighted by molar-refractivity contribution is 7.12. The van der Waals surface area contributed by atoms with Crippen LogP contribution < -0.4 is 4.87 Å². The van der Waals surface area contributed by atoms with Crippen molar-refractivity contribution in [2.24, 2.45) is 0 Å². The molecular formula is C8H5N3O3S. The average Bonchev–Trinajstić information content (AvgIpc) is 2.65. The van der Waals surface area contributed by atoms with Crippen LogP contribution in [0.25, 0.3) is 10.6 Å². The Morgan fingerprint density at radius 2 is 2.00 bits per heavy atom. The molecule has 2 aromatic rings. The van der Waals surface area contributed by atoms with E-state index in [2.05, 4.69) is 10.2 Å². The largest absolute Gasteiger partial charge is 0.322 e. The van der Waals surface area contributed by atoms with Gasteiger partial charge in [0.05, 0.1) is 4.92 Å². The monoisotopic (exact) mass is 223 g/mol. The summed E-state index contributed by atoms with van der Waals surface area (Å²) >= 11 is 0.963. The quantitative estimate of drug-likeness (QED) is 0.615. The Labute approximate surface area is 87.4 Å². The molecule has 6 nitrogen and oxygen atoms in total. The second kappa shape index (κ2) is 3.62. The van der Waals surface area contributed by atoms with Crippen LogP contribution in [0.5, 0.6) is 0 Å². The molecule has 0 saturated heterocycles. The van der Waals surface area contributed by atoms with E-state index in [1.165, 1.54) is 12.1 Å². The van der Waals surface area contributed by atoms with E-state index in [1.807, 2.05) is 0 Å². The van der Waals surface area contributed by atoms with Crippen LogP contribution in [0.15, 0.2) is 29.1 Å². The van der Waals surface area contributed by atoms with E-state index in [1.54, 1.807) is 12.1 Å². The minimum absolute atomic E-state index is 0.0154. The van der Waals surface area contributed by atoms with Crippen molar-refractivity contribution >= 4 is 17.0 Å². The van der Waals surface area contributed by atoms with Crippen LogP contribution in [0.1, 0.15) is 0 Å². The Morgan fingerprint density at radius 1 is 1.33 bits per heavy atom. The van der Waals surface area contributed by atoms with Crippen molar-refractivity contribution in [3.63, 3.8) is 0 Å². The molecule has 1 aromatic carbocycles. The third-order valence-corrected chi connectivity index (χ3v) is 2.56. The number of aromatic nitrogens is 2. The average molecular weight is 223 g/mol. The van der Waals surface area contributed by atoms with Crippen molar-refractivity contribution in [2.45, 2.75) is 0 Å². The fraction of sp³-hybridized carbons (Fsp3) is 0. The van der Waals surface area contributed by atoms with Crippen molar-refractivity contribution in [1.29, 1.82) is 0 Å². The second-order valence-electron chi connectivity index (χ2n) is 2.72. The number of nitro groups is 1. The summed E-state index contributed by atoms with van der Waals surface area (Å²) in [5.74, 6) is 0. The first-order valence-corrected chi connectivity index (χ1v) is 4.79. The van der Waals surface area contributed by atoms with Crippen LogP contribution in [-0.4, -0.2) is 15.1 Å². The van der Waals surface area contributed by atoms with Crippen LogP contribution in [-0.2, 0) is 0 Å². The van der Waals surface area contributed by atoms with Gasteiger partial charge in [-0.1, -0.05) is 11.3 Å². The summed E-state index contributed by atoms with van der Waals surface area (Å²) in [6.07, 6.45) is 0. The summed E-state index contributed by atoms with van der Waals surface area (Å²) in [6, 6.07) is 5.87. The fourth-order valence-corrected chi connectivity index (χ4v) is 1.69. The molecule has 1 heterocycles. The number of aromatic amines is 1. The molecule has 76 valence electrons. The molecule has 0 aliphatic heterocycles. The first-order valence-electron chi connectivity index (χ1n) is 3.97. The van der Waals surface area contributed by atoms with E-state index in [0.29, 0.717) is 10.6 Å². The Bertz CT molecular complexity index is 543. The van der Waals surface area contributed by atoms with Crippen molar-refractivity contribution in [1.82, 2.24) is 10.2 Å². The third-order valence-electron chi connectivity index (χ3n) is 1.76. The van der Waals surface area contributed by atoms with Crippen LogP contribution in [0, 0.1) is 10.1 Å². The maximum Gasteiger partial charge on any atom is 0.322 e. The lowest BCUT2D eigenvalue weighted by molar-refractivity contribution is -0.384. The lowest BCUT2D eigenvalue weighted by atomic mass is 10.2. The lowest BCUT2D eigenvalue weighted by Crippen LogP contribution is -1.90. The minimum atomic E-state index is -0.475. The predicted octanol–water partition coefficient (Wildman–Crippen LogP) is 1.41. The molecule has 0 aliphatic carbocycles. The molecule has 0 atom stereocenters. The topological polar surface area (TPSA) is 88.9 Å². The highest BCUT2D eigenvalue weighted by Gasteiger charge is 2.07. The molecule has 0 saturated carbocycles. The van der Waals surface area contributed by atoms with E-state index in [9.17, 15) is 14.9 Å². The second-order valence-corrected chi connectivity index (χ2v) is 3.68. The molecule has 0 amide bonds. The van der Waals surface area contributed by atoms with Gasteiger partial charge >= 0.3 is 4.87 Å². The van der Waals surface area contributed by atoms with Crippen LogP contribution >= 0.6 is 11.3 Å². The third kappa shape index (κ3) is 1.91. The number of nitrogens with one attached hydrogen (secondary N) is 1. The Morgan fingerprint density at radius 3 is 2.47 bits per heavy atom. The molecule has 7 heteroatoms. The number of rotatable bonds is 2. The van der Waals surface area contributed by atoms with Gasteiger partial charge < -0.3 is 0 Å². The zero-order valence-corrected chi connectivity index (χ0v) is 8.15. The number of nitrogens with zero attached hydrogens (tertiary/aromatic N) is 2. The van der Waals surface area contributed by atoms with Gasteiger partial charge in [0.25, 0.3) is 5.69 Å². The van der Waals surface area contributed by atoms with Crippen molar-refractivity contribution in [2.75, 3.05) is 0 Å². The minimum Gasteiger partial charge on any atom is -0.258 e. The summed E-state index contributed by atoms with van der Waals surface area (Å²) < 4.78 is 0. The number of non-ortho nitro benzene ring substituents is 1. The van der Waals surface area contributed by atoms with Gasteiger partial charge in [-0.05, 0) is 12.1 Å². The first-order chi connectivity index (χ1) is 7.16. The summed E-state index contributed by atoms with van der Waals surface area (Å²) in [7, 11) is 0. The summed E-state index contributed by atoms with van der Waals surface area (Å²) in [5, 5.41) is 17.0. The molecule has 1 N–H and O–H groups in total. The van der Waals surface area contributed by atoms with Gasteiger partial charge in [0.2, 0.25) is 0 Å². The predicted molar refractivity (Wildman–Crippen MR) is 54.8 cm³/mol. The van der Waals surface area contributed by atoms with Gasteiger partial charge in [0, 0.05) is 17.7 Å². The fourth-order valence-electron chi connectivity index (χ4n) is 1.08. The first kappa shape index (κ1) is 9.53. The maximum absolute atomic E-state index is 10.8. The Balaban J connectivity index is 2.39. The van der Waals surface area contributed by atoms with Gasteiger partial charge in [0.1, 0.15) is 5.01 Å². The molecule has 0 aliphatic rings. The van der Waals surface area contributed by atoms with E-state index >= 15 is 0 Å². The SMILES string of the molecule is O=c1[nH]nc(-c2ccc([N+](=O)[O-])cc2)s1. The van der Waals surface area contributed by atoms with E-state index < -0.39 is 4.92 Å². The van der Waals surface area contributed by atoms with Gasteiger partial charge in [-0.25, -0.2) is 5.10 Å².